The highest BCUT2D eigenvalue weighted by Gasteiger charge is 2.31. The first-order valence-corrected chi connectivity index (χ1v) is 13.9. The molecule has 2 heterocycles. The number of hydrogen-bond donors (Lipinski definition) is 1. The van der Waals surface area contributed by atoms with Gasteiger partial charge < -0.3 is 14.6 Å². The van der Waals surface area contributed by atoms with Crippen LogP contribution in [0.5, 0.6) is 5.75 Å². The number of benzene rings is 1. The molecule has 12 heteroatoms. The SMILES string of the molecule is O=C(CCC1CCCCC1)c1ccn(CCCCn2cc(C(=O)NCc3cccc(OC(F)(F)F)c3)nn2)c(=O)c1. The summed E-state index contributed by atoms with van der Waals surface area (Å²) in [5.41, 5.74) is 0.772. The van der Waals surface area contributed by atoms with Gasteiger partial charge in [0.25, 0.3) is 11.5 Å². The molecule has 0 bridgehead atoms. The molecule has 220 valence electrons. The quantitative estimate of drug-likeness (QED) is 0.220. The summed E-state index contributed by atoms with van der Waals surface area (Å²) in [6, 6.07) is 8.47. The van der Waals surface area contributed by atoms with E-state index in [-0.39, 0.29) is 29.3 Å². The summed E-state index contributed by atoms with van der Waals surface area (Å²) in [7, 11) is 0. The molecule has 2 aromatic heterocycles. The number of carbonyl (C=O) groups excluding carboxylic acids is 2. The number of rotatable bonds is 13. The number of hydrogen-bond acceptors (Lipinski definition) is 6. The molecule has 9 nitrogen and oxygen atoms in total. The summed E-state index contributed by atoms with van der Waals surface area (Å²) in [5, 5.41) is 10.4. The Morgan fingerprint density at radius 2 is 1.83 bits per heavy atom. The Bertz CT molecular complexity index is 1380. The van der Waals surface area contributed by atoms with Crippen molar-refractivity contribution in [2.75, 3.05) is 0 Å². The summed E-state index contributed by atoms with van der Waals surface area (Å²) < 4.78 is 44.2. The van der Waals surface area contributed by atoms with E-state index in [4.69, 9.17) is 0 Å². The van der Waals surface area contributed by atoms with E-state index < -0.39 is 12.3 Å². The topological polar surface area (TPSA) is 108 Å². The molecule has 0 unspecified atom stereocenters. The number of ether oxygens (including phenoxy) is 1. The third kappa shape index (κ3) is 9.58. The van der Waals surface area contributed by atoms with Crippen LogP contribution in [0.4, 0.5) is 13.2 Å². The third-order valence-corrected chi connectivity index (χ3v) is 7.22. The molecule has 1 saturated carbocycles. The van der Waals surface area contributed by atoms with Gasteiger partial charge in [0, 0.05) is 43.9 Å². The van der Waals surface area contributed by atoms with E-state index in [2.05, 4.69) is 20.4 Å². The van der Waals surface area contributed by atoms with Crippen molar-refractivity contribution < 1.29 is 27.5 Å². The smallest absolute Gasteiger partial charge is 0.406 e. The molecule has 1 amide bonds. The molecule has 1 aliphatic rings. The number of ketones is 1. The van der Waals surface area contributed by atoms with Crippen molar-refractivity contribution in [3.8, 4) is 5.75 Å². The number of carbonyl (C=O) groups is 2. The Balaban J connectivity index is 1.18. The highest BCUT2D eigenvalue weighted by atomic mass is 19.4. The van der Waals surface area contributed by atoms with Crippen LogP contribution in [0.25, 0.3) is 0 Å². The zero-order chi connectivity index (χ0) is 29.2. The maximum atomic E-state index is 12.6. The van der Waals surface area contributed by atoms with Crippen molar-refractivity contribution in [3.63, 3.8) is 0 Å². The molecule has 1 N–H and O–H groups in total. The maximum absolute atomic E-state index is 12.6. The molecule has 0 atom stereocenters. The molecule has 0 saturated heterocycles. The standard InChI is InChI=1S/C29H34F3N5O4/c30-29(31,32)41-24-10-6-9-22(17-24)19-33-28(40)25-20-37(35-34-25)15-5-4-14-36-16-13-23(18-27(36)39)26(38)12-11-21-7-2-1-3-8-21/h6,9-10,13,16-18,20-21H,1-5,7-8,11-12,14-15,19H2,(H,33,40). The lowest BCUT2D eigenvalue weighted by molar-refractivity contribution is -0.274. The van der Waals surface area contributed by atoms with Crippen LogP contribution in [0.1, 0.15) is 84.2 Å². The minimum Gasteiger partial charge on any atom is -0.406 e. The number of halogens is 3. The Morgan fingerprint density at radius 1 is 1.05 bits per heavy atom. The largest absolute Gasteiger partial charge is 0.573 e. The molecule has 1 fully saturated rings. The van der Waals surface area contributed by atoms with Crippen molar-refractivity contribution in [3.05, 3.63) is 76.0 Å². The number of amides is 1. The van der Waals surface area contributed by atoms with Crippen LogP contribution in [0.15, 0.2) is 53.6 Å². The van der Waals surface area contributed by atoms with E-state index >= 15 is 0 Å². The number of unbranched alkanes of at least 4 members (excludes halogenated alkanes) is 1. The lowest BCUT2D eigenvalue weighted by Crippen LogP contribution is -2.23. The number of aromatic nitrogens is 4. The minimum atomic E-state index is -4.80. The first-order chi connectivity index (χ1) is 19.7. The average molecular weight is 574 g/mol. The van der Waals surface area contributed by atoms with Crippen molar-refractivity contribution in [1.82, 2.24) is 24.9 Å². The van der Waals surface area contributed by atoms with Crippen molar-refractivity contribution in [2.45, 2.75) is 83.8 Å². The van der Waals surface area contributed by atoms with E-state index in [0.717, 1.165) is 6.42 Å². The Morgan fingerprint density at radius 3 is 2.59 bits per heavy atom. The van der Waals surface area contributed by atoms with Crippen LogP contribution in [-0.2, 0) is 19.6 Å². The first kappa shape index (κ1) is 30.0. The van der Waals surface area contributed by atoms with Crippen LogP contribution in [-0.4, -0.2) is 37.6 Å². The lowest BCUT2D eigenvalue weighted by Gasteiger charge is -2.20. The van der Waals surface area contributed by atoms with E-state index in [1.165, 1.54) is 67.2 Å². The van der Waals surface area contributed by atoms with Gasteiger partial charge in [0.1, 0.15) is 5.75 Å². The molecule has 0 spiro atoms. The van der Waals surface area contributed by atoms with Gasteiger partial charge >= 0.3 is 6.36 Å². The van der Waals surface area contributed by atoms with Gasteiger partial charge in [0.15, 0.2) is 11.5 Å². The molecular formula is C29H34F3N5O4. The van der Waals surface area contributed by atoms with Gasteiger partial charge in [-0.2, -0.15) is 0 Å². The van der Waals surface area contributed by atoms with Gasteiger partial charge in [-0.1, -0.05) is 49.5 Å². The van der Waals surface area contributed by atoms with Gasteiger partial charge in [-0.05, 0) is 48.9 Å². The predicted molar refractivity (Wildman–Crippen MR) is 144 cm³/mol. The Hall–Kier alpha value is -3.96. The summed E-state index contributed by atoms with van der Waals surface area (Å²) in [6.07, 6.45) is 7.23. The molecular weight excluding hydrogens is 539 g/mol. The highest BCUT2D eigenvalue weighted by Crippen LogP contribution is 2.28. The minimum absolute atomic E-state index is 0.0135. The van der Waals surface area contributed by atoms with Crippen molar-refractivity contribution in [1.29, 1.82) is 0 Å². The molecule has 1 aliphatic carbocycles. The normalized spacial score (nSPS) is 14.1. The Labute approximate surface area is 235 Å². The zero-order valence-corrected chi connectivity index (χ0v) is 22.7. The number of alkyl halides is 3. The third-order valence-electron chi connectivity index (χ3n) is 7.22. The van der Waals surface area contributed by atoms with Crippen LogP contribution in [0, 0.1) is 5.92 Å². The number of aryl methyl sites for hydroxylation is 2. The highest BCUT2D eigenvalue weighted by molar-refractivity contribution is 5.95. The molecule has 4 rings (SSSR count). The van der Waals surface area contributed by atoms with Gasteiger partial charge in [0.2, 0.25) is 0 Å². The molecule has 41 heavy (non-hydrogen) atoms. The molecule has 0 radical (unpaired) electrons. The molecule has 3 aromatic rings. The number of Topliss-reactive ketones (excluding diaryl/α,β-unsaturated/α-hetero) is 1. The van der Waals surface area contributed by atoms with E-state index in [9.17, 15) is 27.6 Å². The molecule has 1 aromatic carbocycles. The fourth-order valence-corrected chi connectivity index (χ4v) is 5.01. The number of nitrogens with one attached hydrogen (secondary N) is 1. The number of nitrogens with zero attached hydrogens (tertiary/aromatic N) is 4. The lowest BCUT2D eigenvalue weighted by atomic mass is 9.85. The van der Waals surface area contributed by atoms with Crippen LogP contribution in [0.2, 0.25) is 0 Å². The molecule has 0 aliphatic heterocycles. The van der Waals surface area contributed by atoms with Crippen LogP contribution in [0.3, 0.4) is 0 Å². The van der Waals surface area contributed by atoms with Crippen LogP contribution >= 0.6 is 0 Å². The second-order valence-corrected chi connectivity index (χ2v) is 10.4. The first-order valence-electron chi connectivity index (χ1n) is 13.9. The van der Waals surface area contributed by atoms with Crippen LogP contribution < -0.4 is 15.6 Å². The monoisotopic (exact) mass is 573 g/mol. The number of pyridine rings is 1. The van der Waals surface area contributed by atoms with E-state index in [1.807, 2.05) is 0 Å². The van der Waals surface area contributed by atoms with E-state index in [1.54, 1.807) is 22.9 Å². The van der Waals surface area contributed by atoms with Gasteiger partial charge in [0.05, 0.1) is 6.20 Å². The summed E-state index contributed by atoms with van der Waals surface area (Å²) in [5.74, 6) is -0.239. The maximum Gasteiger partial charge on any atom is 0.573 e. The van der Waals surface area contributed by atoms with Crippen molar-refractivity contribution >= 4 is 11.7 Å². The van der Waals surface area contributed by atoms with Gasteiger partial charge in [-0.15, -0.1) is 18.3 Å². The average Bonchev–Trinajstić information content (AvgIpc) is 3.42. The van der Waals surface area contributed by atoms with Gasteiger partial charge in [-0.3, -0.25) is 19.1 Å². The Kier molecular flexibility index (Phi) is 10.3. The second-order valence-electron chi connectivity index (χ2n) is 10.4. The predicted octanol–water partition coefficient (Wildman–Crippen LogP) is 5.29. The fourth-order valence-electron chi connectivity index (χ4n) is 5.01. The summed E-state index contributed by atoms with van der Waals surface area (Å²) >= 11 is 0. The second kappa shape index (κ2) is 14.1. The fraction of sp³-hybridized carbons (Fsp3) is 0.483. The van der Waals surface area contributed by atoms with Gasteiger partial charge in [-0.25, -0.2) is 0 Å². The zero-order valence-electron chi connectivity index (χ0n) is 22.7. The van der Waals surface area contributed by atoms with E-state index in [0.29, 0.717) is 49.4 Å². The summed E-state index contributed by atoms with van der Waals surface area (Å²) in [6.45, 7) is 0.943. The summed E-state index contributed by atoms with van der Waals surface area (Å²) in [4.78, 5) is 37.5. The van der Waals surface area contributed by atoms with Crippen molar-refractivity contribution in [2.24, 2.45) is 5.92 Å².